The van der Waals surface area contributed by atoms with Crippen LogP contribution >= 0.6 is 0 Å². The first-order valence-corrected chi connectivity index (χ1v) is 10.7. The molecular formula is C24H25N3O4. The second-order valence-corrected chi connectivity index (χ2v) is 8.38. The molecule has 2 aliphatic rings. The zero-order valence-corrected chi connectivity index (χ0v) is 17.2. The number of anilines is 1. The summed E-state index contributed by atoms with van der Waals surface area (Å²) in [6, 6.07) is 13.9. The molecule has 7 heteroatoms. The number of benzene rings is 1. The fourth-order valence-electron chi connectivity index (χ4n) is 4.63. The van der Waals surface area contributed by atoms with Gasteiger partial charge in [0.05, 0.1) is 18.7 Å². The van der Waals surface area contributed by atoms with Crippen LogP contribution in [0.1, 0.15) is 47.7 Å². The van der Waals surface area contributed by atoms with Gasteiger partial charge in [0.1, 0.15) is 17.8 Å². The molecule has 31 heavy (non-hydrogen) atoms. The number of nitrogens with zero attached hydrogens (tertiary/aromatic N) is 2. The van der Waals surface area contributed by atoms with E-state index < -0.39 is 11.4 Å². The van der Waals surface area contributed by atoms with E-state index >= 15 is 0 Å². The van der Waals surface area contributed by atoms with Gasteiger partial charge in [-0.25, -0.2) is 4.98 Å². The van der Waals surface area contributed by atoms with Crippen LogP contribution in [0.3, 0.4) is 0 Å². The van der Waals surface area contributed by atoms with E-state index in [-0.39, 0.29) is 12.3 Å². The van der Waals surface area contributed by atoms with Gasteiger partial charge < -0.3 is 19.7 Å². The van der Waals surface area contributed by atoms with Crippen LogP contribution in [0.15, 0.2) is 53.3 Å². The summed E-state index contributed by atoms with van der Waals surface area (Å²) in [5.41, 5.74) is 3.64. The maximum Gasteiger partial charge on any atom is 0.304 e. The van der Waals surface area contributed by atoms with Gasteiger partial charge in [-0.3, -0.25) is 4.79 Å². The summed E-state index contributed by atoms with van der Waals surface area (Å²) in [5.74, 6) is 1.10. The van der Waals surface area contributed by atoms with E-state index in [0.717, 1.165) is 55.1 Å². The molecule has 5 rings (SSSR count). The first kappa shape index (κ1) is 19.6. The standard InChI is InChI=1S/C24H25N3O4/c28-22(29)15-24(21-10-13-31-27-21)14-20(24)16-4-7-19(8-5-16)30-12-9-18-6-3-17-2-1-11-25-23(17)26-18/h3-8,10,13,20H,1-2,9,11-12,14-15H2,(H,25,26)(H,28,29). The molecule has 0 radical (unpaired) electrons. The number of carboxylic acids is 1. The molecule has 7 nitrogen and oxygen atoms in total. The highest BCUT2D eigenvalue weighted by atomic mass is 16.5. The van der Waals surface area contributed by atoms with Crippen LogP contribution in [0.2, 0.25) is 0 Å². The van der Waals surface area contributed by atoms with Crippen molar-refractivity contribution in [2.75, 3.05) is 18.5 Å². The van der Waals surface area contributed by atoms with Crippen LogP contribution in [-0.2, 0) is 23.1 Å². The van der Waals surface area contributed by atoms with Crippen LogP contribution in [0.5, 0.6) is 5.75 Å². The van der Waals surface area contributed by atoms with Crippen LogP contribution in [-0.4, -0.2) is 34.4 Å². The highest BCUT2D eigenvalue weighted by molar-refractivity contribution is 5.71. The molecule has 2 N–H and O–H groups in total. The Hall–Kier alpha value is -3.35. The number of aromatic nitrogens is 2. The summed E-state index contributed by atoms with van der Waals surface area (Å²) < 4.78 is 10.9. The average Bonchev–Trinajstić information content (AvgIpc) is 3.21. The summed E-state index contributed by atoms with van der Waals surface area (Å²) >= 11 is 0. The van der Waals surface area contributed by atoms with Crippen molar-refractivity contribution in [3.05, 3.63) is 71.2 Å². The minimum atomic E-state index is -0.823. The van der Waals surface area contributed by atoms with Gasteiger partial charge >= 0.3 is 5.97 Å². The average molecular weight is 419 g/mol. The van der Waals surface area contributed by atoms with Gasteiger partial charge in [-0.1, -0.05) is 23.4 Å². The van der Waals surface area contributed by atoms with Crippen LogP contribution in [0, 0.1) is 0 Å². The number of carboxylic acid groups (broad SMARTS) is 1. The number of hydrogen-bond acceptors (Lipinski definition) is 6. The Labute approximate surface area is 180 Å². The molecule has 2 atom stereocenters. The number of ether oxygens (including phenoxy) is 1. The molecule has 0 spiro atoms. The highest BCUT2D eigenvalue weighted by Crippen LogP contribution is 2.62. The maximum atomic E-state index is 11.4. The van der Waals surface area contributed by atoms with Crippen molar-refractivity contribution >= 4 is 11.8 Å². The van der Waals surface area contributed by atoms with Crippen molar-refractivity contribution in [3.8, 4) is 5.75 Å². The number of rotatable bonds is 8. The summed E-state index contributed by atoms with van der Waals surface area (Å²) in [6.07, 6.45) is 5.29. The van der Waals surface area contributed by atoms with E-state index in [0.29, 0.717) is 12.3 Å². The minimum absolute atomic E-state index is 0.0467. The number of nitrogens with one attached hydrogen (secondary N) is 1. The van der Waals surface area contributed by atoms with Crippen LogP contribution in [0.4, 0.5) is 5.82 Å². The van der Waals surface area contributed by atoms with Crippen molar-refractivity contribution in [1.82, 2.24) is 10.1 Å². The van der Waals surface area contributed by atoms with Gasteiger partial charge in [-0.05, 0) is 54.5 Å². The van der Waals surface area contributed by atoms with Crippen molar-refractivity contribution in [2.45, 2.75) is 43.4 Å². The van der Waals surface area contributed by atoms with Crippen molar-refractivity contribution in [3.63, 3.8) is 0 Å². The highest BCUT2D eigenvalue weighted by Gasteiger charge is 2.58. The Morgan fingerprint density at radius 2 is 2.10 bits per heavy atom. The molecule has 160 valence electrons. The Balaban J connectivity index is 1.19. The van der Waals surface area contributed by atoms with Crippen LogP contribution in [0.25, 0.3) is 0 Å². The SMILES string of the molecule is O=C(O)CC1(c2ccon2)CC1c1ccc(OCCc2ccc3c(n2)NCCC3)cc1. The number of pyridine rings is 1. The van der Waals surface area contributed by atoms with E-state index in [1.807, 2.05) is 24.3 Å². The molecule has 3 aromatic rings. The number of aryl methyl sites for hydroxylation is 1. The smallest absolute Gasteiger partial charge is 0.304 e. The van der Waals surface area contributed by atoms with Gasteiger partial charge in [-0.2, -0.15) is 0 Å². The van der Waals surface area contributed by atoms with Gasteiger partial charge in [0, 0.05) is 30.1 Å². The van der Waals surface area contributed by atoms with Crippen molar-refractivity contribution in [2.24, 2.45) is 0 Å². The first-order chi connectivity index (χ1) is 15.1. The maximum absolute atomic E-state index is 11.4. The molecule has 1 aromatic carbocycles. The van der Waals surface area contributed by atoms with E-state index in [9.17, 15) is 9.90 Å². The molecule has 1 aliphatic heterocycles. The minimum Gasteiger partial charge on any atom is -0.493 e. The second kappa shape index (κ2) is 8.06. The largest absolute Gasteiger partial charge is 0.493 e. The first-order valence-electron chi connectivity index (χ1n) is 10.7. The molecule has 3 heterocycles. The van der Waals surface area contributed by atoms with E-state index in [1.54, 1.807) is 6.07 Å². The number of hydrogen-bond donors (Lipinski definition) is 2. The van der Waals surface area contributed by atoms with Crippen molar-refractivity contribution < 1.29 is 19.2 Å². The van der Waals surface area contributed by atoms with Crippen LogP contribution < -0.4 is 10.1 Å². The third-order valence-electron chi connectivity index (χ3n) is 6.35. The third-order valence-corrected chi connectivity index (χ3v) is 6.35. The zero-order chi connectivity index (χ0) is 21.3. The Morgan fingerprint density at radius 3 is 2.87 bits per heavy atom. The molecule has 1 aliphatic carbocycles. The molecule has 1 saturated carbocycles. The van der Waals surface area contributed by atoms with Gasteiger partial charge in [0.25, 0.3) is 0 Å². The Morgan fingerprint density at radius 1 is 1.23 bits per heavy atom. The summed E-state index contributed by atoms with van der Waals surface area (Å²) in [4.78, 5) is 16.1. The predicted molar refractivity (Wildman–Crippen MR) is 114 cm³/mol. The second-order valence-electron chi connectivity index (χ2n) is 8.38. The quantitative estimate of drug-likeness (QED) is 0.570. The normalized spacial score (nSPS) is 21.7. The number of aliphatic carboxylic acids is 1. The van der Waals surface area contributed by atoms with Crippen molar-refractivity contribution in [1.29, 1.82) is 0 Å². The van der Waals surface area contributed by atoms with E-state index in [2.05, 4.69) is 22.6 Å². The topological polar surface area (TPSA) is 97.5 Å². The van der Waals surface area contributed by atoms with E-state index in [1.165, 1.54) is 11.8 Å². The lowest BCUT2D eigenvalue weighted by molar-refractivity contribution is -0.137. The number of carbonyl (C=O) groups is 1. The molecule has 0 bridgehead atoms. The Kier molecular flexibility index (Phi) is 5.10. The fraction of sp³-hybridized carbons (Fsp3) is 0.375. The molecular weight excluding hydrogens is 394 g/mol. The van der Waals surface area contributed by atoms with Gasteiger partial charge in [0.2, 0.25) is 0 Å². The van der Waals surface area contributed by atoms with Gasteiger partial charge in [0.15, 0.2) is 0 Å². The molecule has 2 aromatic heterocycles. The molecule has 2 unspecified atom stereocenters. The molecule has 0 amide bonds. The fourth-order valence-corrected chi connectivity index (χ4v) is 4.63. The summed E-state index contributed by atoms with van der Waals surface area (Å²) in [5, 5.41) is 16.7. The van der Waals surface area contributed by atoms with Gasteiger partial charge in [-0.15, -0.1) is 0 Å². The summed E-state index contributed by atoms with van der Waals surface area (Å²) in [7, 11) is 0. The lowest BCUT2D eigenvalue weighted by Gasteiger charge is -2.17. The predicted octanol–water partition coefficient (Wildman–Crippen LogP) is 3.95. The molecule has 1 fully saturated rings. The lowest BCUT2D eigenvalue weighted by Crippen LogP contribution is -2.16. The third kappa shape index (κ3) is 4.00. The number of fused-ring (bicyclic) bond motifs is 1. The molecule has 0 saturated heterocycles. The lowest BCUT2D eigenvalue weighted by atomic mass is 9.92. The summed E-state index contributed by atoms with van der Waals surface area (Å²) in [6.45, 7) is 1.54. The zero-order valence-electron chi connectivity index (χ0n) is 17.2. The Bertz CT molecular complexity index is 1060. The monoisotopic (exact) mass is 419 g/mol. The van der Waals surface area contributed by atoms with E-state index in [4.69, 9.17) is 14.2 Å².